The van der Waals surface area contributed by atoms with E-state index >= 15 is 0 Å². The number of nitrogens with zero attached hydrogens (tertiary/aromatic N) is 1. The Morgan fingerprint density at radius 2 is 2.21 bits per heavy atom. The molecule has 1 aliphatic heterocycles. The number of carbonyl (C=O) groups is 1. The van der Waals surface area contributed by atoms with Gasteiger partial charge in [-0.2, -0.15) is 0 Å². The van der Waals surface area contributed by atoms with Crippen molar-refractivity contribution < 1.29 is 14.6 Å². The molecule has 0 bridgehead atoms. The van der Waals surface area contributed by atoms with Crippen LogP contribution in [0, 0.1) is 0 Å². The molecule has 0 aromatic heterocycles. The fraction of sp³-hybridized carbons (Fsp3) is 0.611. The van der Waals surface area contributed by atoms with E-state index in [0.29, 0.717) is 12.4 Å². The summed E-state index contributed by atoms with van der Waals surface area (Å²) in [7, 11) is 1.88. The fourth-order valence-corrected chi connectivity index (χ4v) is 3.51. The summed E-state index contributed by atoms with van der Waals surface area (Å²) in [5, 5.41) is 12.9. The number of thioether (sulfide) groups is 1. The van der Waals surface area contributed by atoms with Gasteiger partial charge in [-0.25, -0.2) is 0 Å². The van der Waals surface area contributed by atoms with Crippen LogP contribution in [0.5, 0.6) is 0 Å². The van der Waals surface area contributed by atoms with Crippen LogP contribution in [-0.2, 0) is 9.53 Å². The lowest BCUT2D eigenvalue weighted by Gasteiger charge is -2.25. The predicted octanol–water partition coefficient (Wildman–Crippen LogP) is 2.10. The van der Waals surface area contributed by atoms with Crippen LogP contribution in [0.2, 0.25) is 0 Å². The average Bonchev–Trinajstić information content (AvgIpc) is 3.01. The zero-order valence-corrected chi connectivity index (χ0v) is 15.3. The number of aliphatic hydroxyl groups is 1. The molecule has 0 saturated carbocycles. The molecule has 1 saturated heterocycles. The Morgan fingerprint density at radius 1 is 1.46 bits per heavy atom. The van der Waals surface area contributed by atoms with E-state index in [0.717, 1.165) is 30.7 Å². The third-order valence-electron chi connectivity index (χ3n) is 4.43. The molecule has 1 aromatic rings. The Bertz CT molecular complexity index is 500. The Labute approximate surface area is 148 Å². The highest BCUT2D eigenvalue weighted by Crippen LogP contribution is 2.18. The van der Waals surface area contributed by atoms with Gasteiger partial charge >= 0.3 is 0 Å². The Kier molecular flexibility index (Phi) is 8.05. The van der Waals surface area contributed by atoms with E-state index < -0.39 is 6.29 Å². The second kappa shape index (κ2) is 10.0. The van der Waals surface area contributed by atoms with Crippen molar-refractivity contribution in [3.63, 3.8) is 0 Å². The Hall–Kier alpha value is -1.08. The van der Waals surface area contributed by atoms with Crippen LogP contribution in [0.25, 0.3) is 0 Å². The van der Waals surface area contributed by atoms with Crippen molar-refractivity contribution in [2.24, 2.45) is 0 Å². The predicted molar refractivity (Wildman–Crippen MR) is 97.0 cm³/mol. The summed E-state index contributed by atoms with van der Waals surface area (Å²) in [6.45, 7) is 3.53. The third kappa shape index (κ3) is 6.09. The highest BCUT2D eigenvalue weighted by atomic mass is 32.2. The van der Waals surface area contributed by atoms with Crippen LogP contribution in [0.3, 0.4) is 0 Å². The fourth-order valence-electron chi connectivity index (χ4n) is 2.67. The maximum atomic E-state index is 12.3. The number of rotatable bonds is 9. The van der Waals surface area contributed by atoms with E-state index in [9.17, 15) is 9.90 Å². The van der Waals surface area contributed by atoms with E-state index in [4.69, 9.17) is 4.74 Å². The minimum Gasteiger partial charge on any atom is -0.367 e. The lowest BCUT2D eigenvalue weighted by molar-refractivity contribution is -0.128. The standard InChI is InChI=1S/C18H28N2O3S/c1-14(7-6-11-19-16-10-12-23-18(16)22)20(2)17(21)13-24-15-8-4-3-5-9-15/h3-5,8-9,14,16,18-19,22H,6-7,10-13H2,1-2H3/t14-,16-,18?/m0/s1. The van der Waals surface area contributed by atoms with Crippen molar-refractivity contribution in [2.45, 2.75) is 49.5 Å². The SMILES string of the molecule is C[C@@H](CCCN[C@H]1CCOC1O)N(C)C(=O)CSc1ccccc1. The molecule has 1 heterocycles. The molecule has 1 aliphatic rings. The maximum Gasteiger partial charge on any atom is 0.232 e. The summed E-state index contributed by atoms with van der Waals surface area (Å²) in [5.74, 6) is 0.623. The number of carbonyl (C=O) groups excluding carboxylic acids is 1. The van der Waals surface area contributed by atoms with E-state index in [1.54, 1.807) is 11.8 Å². The molecular formula is C18H28N2O3S. The number of amides is 1. The van der Waals surface area contributed by atoms with E-state index in [1.165, 1.54) is 0 Å². The smallest absolute Gasteiger partial charge is 0.232 e. The summed E-state index contributed by atoms with van der Waals surface area (Å²) in [4.78, 5) is 15.2. The number of benzene rings is 1. The van der Waals surface area contributed by atoms with Gasteiger partial charge in [0.15, 0.2) is 6.29 Å². The quantitative estimate of drug-likeness (QED) is 0.526. The van der Waals surface area contributed by atoms with Gasteiger partial charge in [-0.15, -0.1) is 11.8 Å². The first-order valence-corrected chi connectivity index (χ1v) is 9.53. The second-order valence-electron chi connectivity index (χ2n) is 6.21. The largest absolute Gasteiger partial charge is 0.367 e. The highest BCUT2D eigenvalue weighted by Gasteiger charge is 2.25. The number of hydrogen-bond acceptors (Lipinski definition) is 5. The van der Waals surface area contributed by atoms with Crippen LogP contribution in [0.4, 0.5) is 0 Å². The van der Waals surface area contributed by atoms with Crippen molar-refractivity contribution in [3.05, 3.63) is 30.3 Å². The van der Waals surface area contributed by atoms with Gasteiger partial charge < -0.3 is 20.1 Å². The van der Waals surface area contributed by atoms with Crippen molar-refractivity contribution in [2.75, 3.05) is 26.0 Å². The summed E-state index contributed by atoms with van der Waals surface area (Å²) < 4.78 is 5.11. The normalized spacial score (nSPS) is 21.6. The molecule has 1 fully saturated rings. The Morgan fingerprint density at radius 3 is 2.88 bits per heavy atom. The average molecular weight is 353 g/mol. The monoisotopic (exact) mass is 352 g/mol. The van der Waals surface area contributed by atoms with Gasteiger partial charge in [0.25, 0.3) is 0 Å². The number of hydrogen-bond donors (Lipinski definition) is 2. The highest BCUT2D eigenvalue weighted by molar-refractivity contribution is 8.00. The summed E-state index contributed by atoms with van der Waals surface area (Å²) in [5.41, 5.74) is 0. The zero-order chi connectivity index (χ0) is 17.4. The lowest BCUT2D eigenvalue weighted by atomic mass is 10.1. The molecule has 0 aliphatic carbocycles. The van der Waals surface area contributed by atoms with Gasteiger partial charge in [-0.05, 0) is 44.9 Å². The summed E-state index contributed by atoms with van der Waals surface area (Å²) in [6.07, 6.45) is 2.08. The first kappa shape index (κ1) is 19.2. The molecule has 5 nitrogen and oxygen atoms in total. The Balaban J connectivity index is 1.61. The van der Waals surface area contributed by atoms with Crippen LogP contribution >= 0.6 is 11.8 Å². The lowest BCUT2D eigenvalue weighted by Crippen LogP contribution is -2.39. The van der Waals surface area contributed by atoms with Gasteiger partial charge in [-0.1, -0.05) is 18.2 Å². The van der Waals surface area contributed by atoms with Crippen molar-refractivity contribution in [1.29, 1.82) is 0 Å². The molecule has 2 N–H and O–H groups in total. The van der Waals surface area contributed by atoms with Gasteiger partial charge in [0, 0.05) is 18.0 Å². The second-order valence-corrected chi connectivity index (χ2v) is 7.26. The molecule has 2 rings (SSSR count). The number of aliphatic hydroxyl groups excluding tert-OH is 1. The molecule has 0 spiro atoms. The van der Waals surface area contributed by atoms with Crippen molar-refractivity contribution >= 4 is 17.7 Å². The summed E-state index contributed by atoms with van der Waals surface area (Å²) >= 11 is 1.57. The summed E-state index contributed by atoms with van der Waals surface area (Å²) in [6, 6.07) is 10.2. The minimum absolute atomic E-state index is 0.0435. The zero-order valence-electron chi connectivity index (χ0n) is 14.5. The first-order valence-electron chi connectivity index (χ1n) is 8.54. The first-order chi connectivity index (χ1) is 11.6. The maximum absolute atomic E-state index is 12.3. The third-order valence-corrected chi connectivity index (χ3v) is 5.42. The number of ether oxygens (including phenoxy) is 1. The van der Waals surface area contributed by atoms with Gasteiger partial charge in [0.2, 0.25) is 5.91 Å². The van der Waals surface area contributed by atoms with Gasteiger partial charge in [-0.3, -0.25) is 4.79 Å². The van der Waals surface area contributed by atoms with Crippen LogP contribution < -0.4 is 5.32 Å². The molecular weight excluding hydrogens is 324 g/mol. The molecule has 6 heteroatoms. The van der Waals surface area contributed by atoms with E-state index in [2.05, 4.69) is 12.2 Å². The molecule has 1 amide bonds. The van der Waals surface area contributed by atoms with E-state index in [1.807, 2.05) is 42.3 Å². The van der Waals surface area contributed by atoms with Crippen LogP contribution in [0.15, 0.2) is 35.2 Å². The van der Waals surface area contributed by atoms with Crippen molar-refractivity contribution in [1.82, 2.24) is 10.2 Å². The molecule has 1 unspecified atom stereocenters. The van der Waals surface area contributed by atoms with Crippen LogP contribution in [-0.4, -0.2) is 60.2 Å². The molecule has 3 atom stereocenters. The number of nitrogens with one attached hydrogen (secondary N) is 1. The van der Waals surface area contributed by atoms with Gasteiger partial charge in [0.05, 0.1) is 18.4 Å². The molecule has 1 aromatic carbocycles. The minimum atomic E-state index is -0.679. The van der Waals surface area contributed by atoms with Crippen LogP contribution in [0.1, 0.15) is 26.2 Å². The molecule has 0 radical (unpaired) electrons. The van der Waals surface area contributed by atoms with E-state index in [-0.39, 0.29) is 18.0 Å². The topological polar surface area (TPSA) is 61.8 Å². The van der Waals surface area contributed by atoms with Gasteiger partial charge in [0.1, 0.15) is 0 Å². The molecule has 134 valence electrons. The van der Waals surface area contributed by atoms with Crippen molar-refractivity contribution in [3.8, 4) is 0 Å². The molecule has 24 heavy (non-hydrogen) atoms.